The topological polar surface area (TPSA) is 74.1 Å². The van der Waals surface area contributed by atoms with E-state index in [-0.39, 0.29) is 18.9 Å². The molecule has 0 spiro atoms. The smallest absolute Gasteiger partial charge is 0.270 e. The van der Waals surface area contributed by atoms with Crippen LogP contribution >= 0.6 is 11.6 Å². The van der Waals surface area contributed by atoms with Gasteiger partial charge in [0.15, 0.2) is 5.78 Å². The number of Topliss-reactive ketones (excluding diaryl/α,β-unsaturated/α-hetero) is 1. The molecular weight excluding hydrogens is 364 g/mol. The average Bonchev–Trinajstić information content (AvgIpc) is 2.69. The van der Waals surface area contributed by atoms with E-state index in [4.69, 9.17) is 16.3 Å². The molecule has 0 unspecified atom stereocenters. The van der Waals surface area contributed by atoms with E-state index in [1.165, 1.54) is 18.5 Å². The molecule has 0 aliphatic rings. The van der Waals surface area contributed by atoms with Crippen LogP contribution in [-0.4, -0.2) is 28.4 Å². The van der Waals surface area contributed by atoms with E-state index < -0.39 is 5.56 Å². The molecule has 0 fully saturated rings. The molecular formula is C19H17BClN3O3. The van der Waals surface area contributed by atoms with E-state index >= 15 is 0 Å². The second-order valence-corrected chi connectivity index (χ2v) is 6.35. The van der Waals surface area contributed by atoms with Crippen LogP contribution in [0.4, 0.5) is 0 Å². The van der Waals surface area contributed by atoms with Gasteiger partial charge in [0.2, 0.25) is 0 Å². The van der Waals surface area contributed by atoms with Crippen molar-refractivity contribution in [1.29, 1.82) is 0 Å². The van der Waals surface area contributed by atoms with Crippen molar-refractivity contribution < 1.29 is 9.53 Å². The number of benzene rings is 1. The maximum absolute atomic E-state index is 12.3. The van der Waals surface area contributed by atoms with Gasteiger partial charge < -0.3 is 4.74 Å². The Morgan fingerprint density at radius 3 is 2.56 bits per heavy atom. The highest BCUT2D eigenvalue weighted by Crippen LogP contribution is 2.10. The second kappa shape index (κ2) is 8.64. The Hall–Kier alpha value is -2.93. The first kappa shape index (κ1) is 18.9. The first-order chi connectivity index (χ1) is 13.0. The number of nitrogens with zero attached hydrogens (tertiary/aromatic N) is 3. The van der Waals surface area contributed by atoms with Crippen molar-refractivity contribution in [2.45, 2.75) is 19.5 Å². The normalized spacial score (nSPS) is 10.6. The highest BCUT2D eigenvalue weighted by Gasteiger charge is 2.10. The van der Waals surface area contributed by atoms with Crippen LogP contribution in [-0.2, 0) is 19.5 Å². The molecule has 1 aromatic carbocycles. The largest absolute Gasteiger partial charge is 0.485 e. The number of ether oxygens (including phenoxy) is 1. The van der Waals surface area contributed by atoms with E-state index in [1.54, 1.807) is 24.3 Å². The van der Waals surface area contributed by atoms with E-state index in [9.17, 15) is 9.59 Å². The van der Waals surface area contributed by atoms with E-state index in [1.807, 2.05) is 20.0 Å². The van der Waals surface area contributed by atoms with Crippen LogP contribution < -0.4 is 10.3 Å². The molecule has 0 radical (unpaired) electrons. The van der Waals surface area contributed by atoms with Crippen LogP contribution in [0.15, 0.2) is 59.7 Å². The molecule has 27 heavy (non-hydrogen) atoms. The predicted octanol–water partition coefficient (Wildman–Crippen LogP) is 1.89. The van der Waals surface area contributed by atoms with E-state index in [0.29, 0.717) is 22.0 Å². The zero-order valence-corrected chi connectivity index (χ0v) is 15.5. The second-order valence-electron chi connectivity index (χ2n) is 5.92. The van der Waals surface area contributed by atoms with Crippen molar-refractivity contribution in [2.75, 3.05) is 0 Å². The van der Waals surface area contributed by atoms with Gasteiger partial charge in [-0.1, -0.05) is 47.8 Å². The molecule has 0 amide bonds. The van der Waals surface area contributed by atoms with Crippen molar-refractivity contribution in [3.63, 3.8) is 0 Å². The van der Waals surface area contributed by atoms with Gasteiger partial charge in [0.1, 0.15) is 26.7 Å². The van der Waals surface area contributed by atoms with Gasteiger partial charge in [-0.2, -0.15) is 5.10 Å². The molecule has 6 nitrogen and oxygen atoms in total. The zero-order valence-electron chi connectivity index (χ0n) is 14.8. The number of rotatable bonds is 7. The van der Waals surface area contributed by atoms with Crippen molar-refractivity contribution >= 4 is 25.2 Å². The molecule has 8 heteroatoms. The van der Waals surface area contributed by atoms with Gasteiger partial charge >= 0.3 is 0 Å². The number of aromatic nitrogens is 3. The van der Waals surface area contributed by atoms with Gasteiger partial charge in [0.05, 0.1) is 16.9 Å². The zero-order chi connectivity index (χ0) is 19.2. The molecule has 136 valence electrons. The summed E-state index contributed by atoms with van der Waals surface area (Å²) in [7, 11) is 2.05. The Balaban J connectivity index is 1.64. The summed E-state index contributed by atoms with van der Waals surface area (Å²) in [6.07, 6.45) is 3.84. The number of carbonyl (C=O) groups excluding carboxylic acids is 1. The van der Waals surface area contributed by atoms with Crippen molar-refractivity contribution in [1.82, 2.24) is 14.8 Å². The fourth-order valence-corrected chi connectivity index (χ4v) is 2.53. The standard InChI is InChI=1S/C19H17BClN3O3/c20-8-13-1-3-14(4-2-13)18(25)11-24-19(26)7-17(10-23-24)27-12-16-6-5-15(21)9-22-16/h1-7,9-10H,8,11-12,20H2. The summed E-state index contributed by atoms with van der Waals surface area (Å²) in [4.78, 5) is 28.7. The van der Waals surface area contributed by atoms with Crippen LogP contribution in [0.25, 0.3) is 0 Å². The Morgan fingerprint density at radius 1 is 1.15 bits per heavy atom. The van der Waals surface area contributed by atoms with Gasteiger partial charge in [0.25, 0.3) is 5.56 Å². The van der Waals surface area contributed by atoms with E-state index in [0.717, 1.165) is 16.6 Å². The number of hydrogen-bond acceptors (Lipinski definition) is 5. The van der Waals surface area contributed by atoms with Gasteiger partial charge in [-0.15, -0.1) is 0 Å². The SMILES string of the molecule is BCc1ccc(C(=O)Cn2ncc(OCc3ccc(Cl)cn3)cc2=O)cc1. The molecule has 2 aromatic heterocycles. The molecule has 0 bridgehead atoms. The number of hydrogen-bond donors (Lipinski definition) is 0. The summed E-state index contributed by atoms with van der Waals surface area (Å²) in [6.45, 7) is 0.0638. The molecule has 0 saturated heterocycles. The maximum atomic E-state index is 12.3. The third-order valence-electron chi connectivity index (χ3n) is 4.00. The Morgan fingerprint density at radius 2 is 1.93 bits per heavy atom. The first-order valence-corrected chi connectivity index (χ1v) is 8.85. The Bertz CT molecular complexity index is 988. The summed E-state index contributed by atoms with van der Waals surface area (Å²) in [5.74, 6) is 0.138. The van der Waals surface area contributed by atoms with Gasteiger partial charge in [0, 0.05) is 17.8 Å². The van der Waals surface area contributed by atoms with Crippen molar-refractivity contribution in [3.8, 4) is 5.75 Å². The van der Waals surface area contributed by atoms with Gasteiger partial charge in [-0.05, 0) is 12.1 Å². The lowest BCUT2D eigenvalue weighted by molar-refractivity contribution is 0.0965. The maximum Gasteiger partial charge on any atom is 0.270 e. The molecule has 0 aliphatic carbocycles. The molecule has 3 aromatic rings. The summed E-state index contributed by atoms with van der Waals surface area (Å²) < 4.78 is 6.63. The van der Waals surface area contributed by atoms with Crippen molar-refractivity contribution in [3.05, 3.63) is 87.1 Å². The lowest BCUT2D eigenvalue weighted by Gasteiger charge is -2.08. The van der Waals surface area contributed by atoms with Gasteiger partial charge in [-0.25, -0.2) is 4.68 Å². The van der Waals surface area contributed by atoms with Crippen LogP contribution in [0.3, 0.4) is 0 Å². The quantitative estimate of drug-likeness (QED) is 0.461. The fourth-order valence-electron chi connectivity index (χ4n) is 2.42. The minimum atomic E-state index is -0.407. The summed E-state index contributed by atoms with van der Waals surface area (Å²) in [5, 5.41) is 4.56. The van der Waals surface area contributed by atoms with Crippen molar-refractivity contribution in [2.24, 2.45) is 0 Å². The molecule has 0 aliphatic heterocycles. The van der Waals surface area contributed by atoms with Crippen LogP contribution in [0.2, 0.25) is 5.02 Å². The number of carbonyl (C=O) groups is 1. The highest BCUT2D eigenvalue weighted by atomic mass is 35.5. The van der Waals surface area contributed by atoms with E-state index in [2.05, 4.69) is 10.1 Å². The molecule has 0 atom stereocenters. The Kier molecular flexibility index (Phi) is 6.03. The van der Waals surface area contributed by atoms with Crippen LogP contribution in [0.5, 0.6) is 5.75 Å². The first-order valence-electron chi connectivity index (χ1n) is 8.47. The van der Waals surface area contributed by atoms with Crippen LogP contribution in [0.1, 0.15) is 21.6 Å². The van der Waals surface area contributed by atoms with Crippen LogP contribution in [0, 0.1) is 0 Å². The minimum absolute atomic E-state index is 0.122. The molecule has 3 rings (SSSR count). The minimum Gasteiger partial charge on any atom is -0.485 e. The number of pyridine rings is 1. The summed E-state index contributed by atoms with van der Waals surface area (Å²) >= 11 is 5.78. The molecule has 2 heterocycles. The third-order valence-corrected chi connectivity index (χ3v) is 4.22. The highest BCUT2D eigenvalue weighted by molar-refractivity contribution is 6.30. The summed E-state index contributed by atoms with van der Waals surface area (Å²) in [6, 6.07) is 12.1. The number of ketones is 1. The number of halogens is 1. The lowest BCUT2D eigenvalue weighted by atomic mass is 9.96. The Labute approximate surface area is 162 Å². The third kappa shape index (κ3) is 5.04. The van der Waals surface area contributed by atoms with Gasteiger partial charge in [-0.3, -0.25) is 14.6 Å². The fraction of sp³-hybridized carbons (Fsp3) is 0.158. The summed E-state index contributed by atoms with van der Waals surface area (Å²) in [5.41, 5.74) is 1.97. The molecule has 0 N–H and O–H groups in total. The average molecular weight is 382 g/mol. The lowest BCUT2D eigenvalue weighted by Crippen LogP contribution is -2.26. The molecule has 0 saturated carbocycles. The predicted molar refractivity (Wildman–Crippen MR) is 105 cm³/mol. The monoisotopic (exact) mass is 381 g/mol.